The van der Waals surface area contributed by atoms with Crippen LogP contribution < -0.4 is 14.2 Å². The third kappa shape index (κ3) is 15.2. The number of halogens is 3. The first-order valence-electron chi connectivity index (χ1n) is 13.2. The summed E-state index contributed by atoms with van der Waals surface area (Å²) < 4.78 is 35.6. The molecule has 3 atom stereocenters. The van der Waals surface area contributed by atoms with Gasteiger partial charge in [0.25, 0.3) is 0 Å². The van der Waals surface area contributed by atoms with Gasteiger partial charge in [0.05, 0.1) is 39.6 Å². The van der Waals surface area contributed by atoms with Crippen LogP contribution in [0.25, 0.3) is 0 Å². The first kappa shape index (κ1) is 33.3. The van der Waals surface area contributed by atoms with Crippen LogP contribution in [0.4, 0.5) is 0 Å². The van der Waals surface area contributed by atoms with Crippen molar-refractivity contribution in [2.45, 2.75) is 33.7 Å². The van der Waals surface area contributed by atoms with Gasteiger partial charge in [-0.25, -0.2) is 0 Å². The average Bonchev–Trinajstić information content (AvgIpc) is 2.98. The minimum atomic E-state index is -1.55. The molecule has 0 aliphatic rings. The predicted molar refractivity (Wildman–Crippen MR) is 173 cm³/mol. The van der Waals surface area contributed by atoms with Gasteiger partial charge >= 0.3 is 8.60 Å². The molecular formula is C30H36Br3O6P. The summed E-state index contributed by atoms with van der Waals surface area (Å²) in [5, 5.41) is 0. The third-order valence-corrected chi connectivity index (χ3v) is 8.66. The molecule has 6 nitrogen and oxygen atoms in total. The van der Waals surface area contributed by atoms with Gasteiger partial charge in [-0.2, -0.15) is 0 Å². The Kier molecular flexibility index (Phi) is 17.2. The third-order valence-electron chi connectivity index (χ3n) is 5.41. The van der Waals surface area contributed by atoms with Crippen LogP contribution in [0.2, 0.25) is 0 Å². The molecule has 3 rings (SSSR count). The second kappa shape index (κ2) is 20.6. The molecule has 0 saturated heterocycles. The van der Waals surface area contributed by atoms with Crippen molar-refractivity contribution < 1.29 is 27.8 Å². The summed E-state index contributed by atoms with van der Waals surface area (Å²) in [6.07, 6.45) is 2.36. The van der Waals surface area contributed by atoms with Gasteiger partial charge in [0.1, 0.15) is 17.2 Å². The molecule has 0 amide bonds. The predicted octanol–water partition coefficient (Wildman–Crippen LogP) is 8.96. The number of rotatable bonds is 21. The second-order valence-corrected chi connectivity index (χ2v) is 13.9. The lowest BCUT2D eigenvalue weighted by atomic mass is 10.3. The zero-order valence-electron chi connectivity index (χ0n) is 22.3. The van der Waals surface area contributed by atoms with Crippen molar-refractivity contribution in [1.82, 2.24) is 0 Å². The van der Waals surface area contributed by atoms with Crippen LogP contribution in [-0.2, 0) is 13.6 Å². The molecule has 0 heterocycles. The number of benzene rings is 3. The Morgan fingerprint density at radius 1 is 0.450 bits per heavy atom. The van der Waals surface area contributed by atoms with Crippen LogP contribution in [0.1, 0.15) is 19.3 Å². The monoisotopic (exact) mass is 760 g/mol. The smallest absolute Gasteiger partial charge is 0.332 e. The van der Waals surface area contributed by atoms with Gasteiger partial charge in [-0.15, -0.1) is 0 Å². The fourth-order valence-corrected chi connectivity index (χ4v) is 5.95. The fraction of sp³-hybridized carbons (Fsp3) is 0.400. The average molecular weight is 763 g/mol. The van der Waals surface area contributed by atoms with Crippen molar-refractivity contribution >= 4 is 56.4 Å². The van der Waals surface area contributed by atoms with E-state index >= 15 is 0 Å². The maximum absolute atomic E-state index is 6.07. The molecule has 3 aromatic carbocycles. The quantitative estimate of drug-likeness (QED) is 0.0799. The molecule has 0 spiro atoms. The van der Waals surface area contributed by atoms with Crippen molar-refractivity contribution in [2.75, 3.05) is 39.6 Å². The molecule has 0 radical (unpaired) electrons. The molecule has 0 aromatic heterocycles. The largest absolute Gasteiger partial charge is 0.494 e. The van der Waals surface area contributed by atoms with E-state index in [0.717, 1.165) is 36.5 Å². The molecule has 0 bridgehead atoms. The summed E-state index contributed by atoms with van der Waals surface area (Å²) in [6.45, 7) is 3.07. The second-order valence-electron chi connectivity index (χ2n) is 8.75. The van der Waals surface area contributed by atoms with E-state index < -0.39 is 8.60 Å². The van der Waals surface area contributed by atoms with E-state index in [0.29, 0.717) is 39.6 Å². The highest BCUT2D eigenvalue weighted by molar-refractivity contribution is 9.10. The number of hydrogen-bond acceptors (Lipinski definition) is 6. The number of para-hydroxylation sites is 3. The van der Waals surface area contributed by atoms with Crippen LogP contribution in [0.15, 0.2) is 91.0 Å². The van der Waals surface area contributed by atoms with Crippen LogP contribution >= 0.6 is 56.4 Å². The van der Waals surface area contributed by atoms with Gasteiger partial charge in [0, 0.05) is 14.5 Å². The van der Waals surface area contributed by atoms with Crippen molar-refractivity contribution in [2.24, 2.45) is 0 Å². The van der Waals surface area contributed by atoms with E-state index in [1.54, 1.807) is 0 Å². The highest BCUT2D eigenvalue weighted by Gasteiger charge is 2.20. The first-order chi connectivity index (χ1) is 19.6. The van der Waals surface area contributed by atoms with Gasteiger partial charge in [0.2, 0.25) is 0 Å². The molecule has 0 aliphatic heterocycles. The van der Waals surface area contributed by atoms with Gasteiger partial charge in [-0.3, -0.25) is 0 Å². The molecule has 3 unspecified atom stereocenters. The molecule has 218 valence electrons. The molecule has 0 fully saturated rings. The van der Waals surface area contributed by atoms with E-state index in [4.69, 9.17) is 27.8 Å². The molecule has 0 saturated carbocycles. The van der Waals surface area contributed by atoms with E-state index in [1.807, 2.05) is 91.0 Å². The maximum Gasteiger partial charge on any atom is 0.332 e. The molecule has 0 aliphatic carbocycles. The maximum atomic E-state index is 6.07. The zero-order chi connectivity index (χ0) is 28.3. The molecule has 3 aromatic rings. The molecular weight excluding hydrogens is 727 g/mol. The zero-order valence-corrected chi connectivity index (χ0v) is 27.9. The minimum absolute atomic E-state index is 0.103. The minimum Gasteiger partial charge on any atom is -0.494 e. The summed E-state index contributed by atoms with van der Waals surface area (Å²) in [5.41, 5.74) is 0. The van der Waals surface area contributed by atoms with Crippen molar-refractivity contribution in [1.29, 1.82) is 0 Å². The van der Waals surface area contributed by atoms with Crippen LogP contribution in [0.3, 0.4) is 0 Å². The van der Waals surface area contributed by atoms with Crippen molar-refractivity contribution in [3.63, 3.8) is 0 Å². The molecule has 0 N–H and O–H groups in total. The lowest BCUT2D eigenvalue weighted by Crippen LogP contribution is -2.17. The van der Waals surface area contributed by atoms with Crippen molar-refractivity contribution in [3.8, 4) is 17.2 Å². The highest BCUT2D eigenvalue weighted by Crippen LogP contribution is 2.41. The van der Waals surface area contributed by atoms with Crippen LogP contribution in [-0.4, -0.2) is 54.1 Å². The van der Waals surface area contributed by atoms with Gasteiger partial charge in [-0.05, 0) is 55.7 Å². The van der Waals surface area contributed by atoms with Crippen molar-refractivity contribution in [3.05, 3.63) is 91.0 Å². The summed E-state index contributed by atoms with van der Waals surface area (Å²) in [5.74, 6) is 2.57. The van der Waals surface area contributed by atoms with Crippen LogP contribution in [0, 0.1) is 0 Å². The lowest BCUT2D eigenvalue weighted by molar-refractivity contribution is 0.154. The normalized spacial score (nSPS) is 14.2. The van der Waals surface area contributed by atoms with Gasteiger partial charge < -0.3 is 27.8 Å². The Hall–Kier alpha value is -1.19. The van der Waals surface area contributed by atoms with Gasteiger partial charge in [0.15, 0.2) is 0 Å². The molecule has 10 heteroatoms. The lowest BCUT2D eigenvalue weighted by Gasteiger charge is -2.21. The first-order valence-corrected chi connectivity index (χ1v) is 17.1. The fourth-order valence-electron chi connectivity index (χ4n) is 3.25. The number of ether oxygens (including phenoxy) is 3. The van der Waals surface area contributed by atoms with E-state index in [2.05, 4.69) is 47.8 Å². The van der Waals surface area contributed by atoms with Crippen LogP contribution in [0.5, 0.6) is 17.2 Å². The topological polar surface area (TPSA) is 55.4 Å². The summed E-state index contributed by atoms with van der Waals surface area (Å²) in [4.78, 5) is 0.310. The summed E-state index contributed by atoms with van der Waals surface area (Å²) in [6, 6.07) is 29.4. The highest BCUT2D eigenvalue weighted by atomic mass is 79.9. The standard InChI is InChI=1S/C30H36Br3O6P/c31-25(16-19-34-28-10-4-1-5-11-28)22-37-40(38-23-26(32)17-20-35-29-12-6-2-7-13-29)39-24-27(33)18-21-36-30-14-8-3-9-15-30/h1-15,25-27H,16-24H2. The van der Waals surface area contributed by atoms with Gasteiger partial charge in [-0.1, -0.05) is 102 Å². The van der Waals surface area contributed by atoms with E-state index in [9.17, 15) is 0 Å². The Labute approximate surface area is 264 Å². The van der Waals surface area contributed by atoms with E-state index in [1.165, 1.54) is 0 Å². The van der Waals surface area contributed by atoms with E-state index in [-0.39, 0.29) is 14.5 Å². The Morgan fingerprint density at radius 2 is 0.725 bits per heavy atom. The summed E-state index contributed by atoms with van der Waals surface area (Å²) in [7, 11) is -1.55. The molecule has 40 heavy (non-hydrogen) atoms. The Balaban J connectivity index is 1.38. The number of alkyl halides is 3. The summed E-state index contributed by atoms with van der Waals surface area (Å²) >= 11 is 11.1. The SMILES string of the molecule is BrC(CCOc1ccccc1)COP(OCC(Br)CCOc1ccccc1)OCC(Br)CCOc1ccccc1. The number of hydrogen-bond donors (Lipinski definition) is 0. The Morgan fingerprint density at radius 3 is 1.00 bits per heavy atom. The Bertz CT molecular complexity index is 890.